The third-order valence-corrected chi connectivity index (χ3v) is 5.56. The number of aryl methyl sites for hydroxylation is 1. The van der Waals surface area contributed by atoms with E-state index < -0.39 is 15.6 Å². The fourth-order valence-corrected chi connectivity index (χ4v) is 3.89. The molecule has 0 aliphatic carbocycles. The number of ether oxygens (including phenoxy) is 1. The van der Waals surface area contributed by atoms with E-state index in [4.69, 9.17) is 4.74 Å². The summed E-state index contributed by atoms with van der Waals surface area (Å²) in [4.78, 5) is 14.1. The van der Waals surface area contributed by atoms with E-state index in [1.807, 2.05) is 33.8 Å². The zero-order chi connectivity index (χ0) is 19.8. The molecule has 6 nitrogen and oxygen atoms in total. The summed E-state index contributed by atoms with van der Waals surface area (Å²) in [5.74, 6) is 0. The van der Waals surface area contributed by atoms with Crippen LogP contribution in [0.3, 0.4) is 0 Å². The van der Waals surface area contributed by atoms with E-state index in [1.165, 1.54) is 0 Å². The molecular formula is C20H24N2O4S. The van der Waals surface area contributed by atoms with E-state index in [1.54, 1.807) is 41.3 Å². The Morgan fingerprint density at radius 2 is 1.67 bits per heavy atom. The van der Waals surface area contributed by atoms with Crippen molar-refractivity contribution in [2.75, 3.05) is 4.72 Å². The van der Waals surface area contributed by atoms with Crippen LogP contribution in [0.15, 0.2) is 47.4 Å². The first kappa shape index (κ1) is 19.2. The topological polar surface area (TPSA) is 75.7 Å². The summed E-state index contributed by atoms with van der Waals surface area (Å²) >= 11 is 0. The van der Waals surface area contributed by atoms with Crippen LogP contribution in [-0.4, -0.2) is 25.0 Å². The fraction of sp³-hybridized carbons (Fsp3) is 0.350. The number of nitrogens with zero attached hydrogens (tertiary/aromatic N) is 1. The van der Waals surface area contributed by atoms with Crippen molar-refractivity contribution in [2.45, 2.75) is 51.3 Å². The predicted molar refractivity (Wildman–Crippen MR) is 104 cm³/mol. The van der Waals surface area contributed by atoms with Crippen LogP contribution in [0.25, 0.3) is 0 Å². The van der Waals surface area contributed by atoms with Crippen molar-refractivity contribution in [3.8, 4) is 0 Å². The average molecular weight is 388 g/mol. The van der Waals surface area contributed by atoms with Gasteiger partial charge in [0.05, 0.1) is 4.90 Å². The van der Waals surface area contributed by atoms with Gasteiger partial charge in [0, 0.05) is 18.8 Å². The summed E-state index contributed by atoms with van der Waals surface area (Å²) in [6, 6.07) is 12.0. The molecule has 1 amide bonds. The van der Waals surface area contributed by atoms with Gasteiger partial charge in [0.25, 0.3) is 10.0 Å². The molecule has 0 bridgehead atoms. The van der Waals surface area contributed by atoms with E-state index in [2.05, 4.69) is 4.72 Å². The molecule has 2 aromatic carbocycles. The Labute approximate surface area is 160 Å². The molecule has 144 valence electrons. The van der Waals surface area contributed by atoms with Crippen molar-refractivity contribution in [1.82, 2.24) is 4.90 Å². The molecule has 2 aromatic rings. The summed E-state index contributed by atoms with van der Waals surface area (Å²) < 4.78 is 33.1. The quantitative estimate of drug-likeness (QED) is 0.861. The molecule has 0 spiro atoms. The van der Waals surface area contributed by atoms with Gasteiger partial charge in [0.15, 0.2) is 0 Å². The molecule has 1 aliphatic heterocycles. The van der Waals surface area contributed by atoms with Crippen LogP contribution in [0.2, 0.25) is 0 Å². The highest BCUT2D eigenvalue weighted by atomic mass is 32.2. The van der Waals surface area contributed by atoms with Crippen molar-refractivity contribution in [3.05, 3.63) is 59.2 Å². The Morgan fingerprint density at radius 3 is 2.30 bits per heavy atom. The lowest BCUT2D eigenvalue weighted by molar-refractivity contribution is 0.0242. The largest absolute Gasteiger partial charge is 0.444 e. The molecule has 0 aromatic heterocycles. The van der Waals surface area contributed by atoms with Crippen molar-refractivity contribution < 1.29 is 17.9 Å². The molecule has 1 heterocycles. The Hall–Kier alpha value is -2.54. The molecule has 3 rings (SSSR count). The molecule has 27 heavy (non-hydrogen) atoms. The zero-order valence-electron chi connectivity index (χ0n) is 15.9. The lowest BCUT2D eigenvalue weighted by Crippen LogP contribution is -2.33. The first-order valence-corrected chi connectivity index (χ1v) is 10.2. The van der Waals surface area contributed by atoms with Gasteiger partial charge in [-0.3, -0.25) is 9.62 Å². The van der Waals surface area contributed by atoms with Gasteiger partial charge in [-0.2, -0.15) is 0 Å². The molecular weight excluding hydrogens is 364 g/mol. The fourth-order valence-electron chi connectivity index (χ4n) is 2.85. The van der Waals surface area contributed by atoms with Crippen molar-refractivity contribution in [2.24, 2.45) is 0 Å². The average Bonchev–Trinajstić information content (AvgIpc) is 2.97. The monoisotopic (exact) mass is 388 g/mol. The van der Waals surface area contributed by atoms with Crippen molar-refractivity contribution in [3.63, 3.8) is 0 Å². The zero-order valence-corrected chi connectivity index (χ0v) is 16.8. The van der Waals surface area contributed by atoms with Gasteiger partial charge in [-0.25, -0.2) is 13.2 Å². The number of benzene rings is 2. The van der Waals surface area contributed by atoms with E-state index in [9.17, 15) is 13.2 Å². The minimum Gasteiger partial charge on any atom is -0.444 e. The standard InChI is InChI=1S/C20H24N2O4S/c1-14-5-9-18(10-6-14)27(24,25)21-17-8-7-15-12-22(13-16(15)11-17)19(23)26-20(2,3)4/h5-11,21H,12-13H2,1-4H3. The smallest absolute Gasteiger partial charge is 0.410 e. The number of rotatable bonds is 3. The first-order valence-electron chi connectivity index (χ1n) is 8.73. The number of carbonyl (C=O) groups is 1. The Kier molecular flexibility index (Phi) is 4.90. The van der Waals surface area contributed by atoms with Gasteiger partial charge in [-0.1, -0.05) is 23.8 Å². The van der Waals surface area contributed by atoms with Crippen LogP contribution in [0.4, 0.5) is 10.5 Å². The lowest BCUT2D eigenvalue weighted by Gasteiger charge is -2.24. The lowest BCUT2D eigenvalue weighted by atomic mass is 10.1. The summed E-state index contributed by atoms with van der Waals surface area (Å²) in [5, 5.41) is 0. The Bertz CT molecular complexity index is 960. The van der Waals surface area contributed by atoms with Gasteiger partial charge in [-0.15, -0.1) is 0 Å². The normalized spacial score (nSPS) is 14.0. The second-order valence-corrected chi connectivity index (χ2v) is 9.42. The van der Waals surface area contributed by atoms with E-state index in [0.717, 1.165) is 16.7 Å². The minimum absolute atomic E-state index is 0.212. The van der Waals surface area contributed by atoms with E-state index in [0.29, 0.717) is 18.8 Å². The second kappa shape index (κ2) is 6.88. The van der Waals surface area contributed by atoms with E-state index >= 15 is 0 Å². The number of fused-ring (bicyclic) bond motifs is 1. The third-order valence-electron chi connectivity index (χ3n) is 4.16. The molecule has 1 N–H and O–H groups in total. The maximum Gasteiger partial charge on any atom is 0.410 e. The highest BCUT2D eigenvalue weighted by molar-refractivity contribution is 7.92. The molecule has 0 saturated heterocycles. The number of carbonyl (C=O) groups excluding carboxylic acids is 1. The molecule has 0 atom stereocenters. The SMILES string of the molecule is Cc1ccc(S(=O)(=O)Nc2ccc3c(c2)CN(C(=O)OC(C)(C)C)C3)cc1. The van der Waals surface area contributed by atoms with Gasteiger partial charge in [-0.05, 0) is 63.1 Å². The van der Waals surface area contributed by atoms with Crippen molar-refractivity contribution in [1.29, 1.82) is 0 Å². The highest BCUT2D eigenvalue weighted by Gasteiger charge is 2.28. The van der Waals surface area contributed by atoms with E-state index in [-0.39, 0.29) is 11.0 Å². The number of sulfonamides is 1. The molecule has 7 heteroatoms. The molecule has 0 radical (unpaired) electrons. The number of hydrogen-bond donors (Lipinski definition) is 1. The van der Waals surface area contributed by atoms with Crippen LogP contribution >= 0.6 is 0 Å². The Morgan fingerprint density at radius 1 is 1.04 bits per heavy atom. The highest BCUT2D eigenvalue weighted by Crippen LogP contribution is 2.28. The number of amides is 1. The number of hydrogen-bond acceptors (Lipinski definition) is 4. The summed E-state index contributed by atoms with van der Waals surface area (Å²) in [7, 11) is -3.66. The predicted octanol–water partition coefficient (Wildman–Crippen LogP) is 4.05. The maximum absolute atomic E-state index is 12.5. The van der Waals surface area contributed by atoms with Gasteiger partial charge in [0.1, 0.15) is 5.60 Å². The van der Waals surface area contributed by atoms with Gasteiger partial charge >= 0.3 is 6.09 Å². The Balaban J connectivity index is 1.74. The second-order valence-electron chi connectivity index (χ2n) is 7.74. The van der Waals surface area contributed by atoms with Gasteiger partial charge in [0.2, 0.25) is 0 Å². The first-order chi connectivity index (χ1) is 12.5. The third kappa shape index (κ3) is 4.60. The summed E-state index contributed by atoms with van der Waals surface area (Å²) in [6.07, 6.45) is -0.375. The summed E-state index contributed by atoms with van der Waals surface area (Å²) in [6.45, 7) is 8.23. The summed E-state index contributed by atoms with van der Waals surface area (Å²) in [5.41, 5.74) is 2.80. The van der Waals surface area contributed by atoms with Crippen LogP contribution in [0.1, 0.15) is 37.5 Å². The number of nitrogens with one attached hydrogen (secondary N) is 1. The maximum atomic E-state index is 12.5. The number of anilines is 1. The molecule has 0 saturated carbocycles. The van der Waals surface area contributed by atoms with Crippen LogP contribution in [-0.2, 0) is 27.8 Å². The van der Waals surface area contributed by atoms with Crippen molar-refractivity contribution >= 4 is 21.8 Å². The van der Waals surface area contributed by atoms with Crippen LogP contribution in [0.5, 0.6) is 0 Å². The van der Waals surface area contributed by atoms with Crippen LogP contribution < -0.4 is 4.72 Å². The van der Waals surface area contributed by atoms with Gasteiger partial charge < -0.3 is 4.74 Å². The minimum atomic E-state index is -3.66. The molecule has 1 aliphatic rings. The molecule has 0 fully saturated rings. The molecule has 0 unspecified atom stereocenters. The van der Waals surface area contributed by atoms with Crippen LogP contribution in [0, 0.1) is 6.92 Å².